The Bertz CT molecular complexity index is 447. The minimum Gasteiger partial charge on any atom is -0.477 e. The van der Waals surface area contributed by atoms with E-state index in [2.05, 4.69) is 5.32 Å². The smallest absolute Gasteiger partial charge is 0.258 e. The van der Waals surface area contributed by atoms with Gasteiger partial charge in [-0.3, -0.25) is 4.79 Å². The lowest BCUT2D eigenvalue weighted by Crippen LogP contribution is -2.31. The van der Waals surface area contributed by atoms with Crippen LogP contribution in [0, 0.1) is 5.82 Å². The third kappa shape index (κ3) is 3.20. The van der Waals surface area contributed by atoms with Crippen LogP contribution in [0.4, 0.5) is 4.39 Å². The number of nitrogens with one attached hydrogen (secondary N) is 1. The second kappa shape index (κ2) is 5.35. The summed E-state index contributed by atoms with van der Waals surface area (Å²) in [6, 6.07) is 5.24. The molecule has 5 heteroatoms. The van der Waals surface area contributed by atoms with Crippen LogP contribution < -0.4 is 15.8 Å². The number of rotatable bonds is 6. The number of nitrogens with two attached hydrogens (primary N) is 1. The zero-order valence-electron chi connectivity index (χ0n) is 10.3. The number of ether oxygens (including phenoxy) is 1. The van der Waals surface area contributed by atoms with Gasteiger partial charge in [0.25, 0.3) is 5.91 Å². The van der Waals surface area contributed by atoms with E-state index in [0.717, 1.165) is 12.8 Å². The van der Waals surface area contributed by atoms with E-state index in [-0.39, 0.29) is 5.75 Å². The van der Waals surface area contributed by atoms with Gasteiger partial charge in [0.1, 0.15) is 0 Å². The van der Waals surface area contributed by atoms with Crippen molar-refractivity contribution in [2.45, 2.75) is 38.5 Å². The predicted molar refractivity (Wildman–Crippen MR) is 65.5 cm³/mol. The number of benzene rings is 1. The number of hydrogen-bond donors (Lipinski definition) is 2. The highest BCUT2D eigenvalue weighted by Crippen LogP contribution is 2.26. The van der Waals surface area contributed by atoms with Gasteiger partial charge >= 0.3 is 0 Å². The van der Waals surface area contributed by atoms with Gasteiger partial charge in [-0.15, -0.1) is 0 Å². The van der Waals surface area contributed by atoms with Crippen molar-refractivity contribution in [3.63, 3.8) is 0 Å². The van der Waals surface area contributed by atoms with Crippen LogP contribution in [0.5, 0.6) is 5.75 Å². The van der Waals surface area contributed by atoms with Crippen molar-refractivity contribution in [3.8, 4) is 5.75 Å². The maximum atomic E-state index is 13.7. The van der Waals surface area contributed by atoms with Gasteiger partial charge in [-0.05, 0) is 25.8 Å². The zero-order valence-corrected chi connectivity index (χ0v) is 10.3. The van der Waals surface area contributed by atoms with Gasteiger partial charge in [0.15, 0.2) is 17.7 Å². The summed E-state index contributed by atoms with van der Waals surface area (Å²) in [7, 11) is 0. The van der Waals surface area contributed by atoms with Crippen LogP contribution in [0.2, 0.25) is 0 Å². The molecular weight excluding hydrogens is 235 g/mol. The van der Waals surface area contributed by atoms with Gasteiger partial charge in [0.05, 0.1) is 0 Å². The Morgan fingerprint density at radius 3 is 2.94 bits per heavy atom. The summed E-state index contributed by atoms with van der Waals surface area (Å²) in [5, 5.41) is 3.28. The molecule has 1 aromatic carbocycles. The van der Waals surface area contributed by atoms with Crippen LogP contribution >= 0.6 is 0 Å². The highest BCUT2D eigenvalue weighted by atomic mass is 19.1. The molecule has 1 aliphatic carbocycles. The maximum Gasteiger partial charge on any atom is 0.258 e. The molecule has 1 fully saturated rings. The van der Waals surface area contributed by atoms with Crippen molar-refractivity contribution in [2.75, 3.05) is 0 Å². The number of halogens is 1. The Hall–Kier alpha value is -1.62. The molecule has 0 saturated heterocycles. The minimum atomic E-state index is -0.846. The average Bonchev–Trinajstić information content (AvgIpc) is 3.13. The Morgan fingerprint density at radius 1 is 1.61 bits per heavy atom. The van der Waals surface area contributed by atoms with Crippen molar-refractivity contribution in [2.24, 2.45) is 5.73 Å². The van der Waals surface area contributed by atoms with Crippen molar-refractivity contribution >= 4 is 5.91 Å². The number of hydrogen-bond acceptors (Lipinski definition) is 3. The Kier molecular flexibility index (Phi) is 3.81. The molecule has 0 heterocycles. The first-order valence-electron chi connectivity index (χ1n) is 6.04. The first kappa shape index (κ1) is 12.8. The Labute approximate surface area is 105 Å². The third-order valence-corrected chi connectivity index (χ3v) is 2.90. The van der Waals surface area contributed by atoms with E-state index in [1.54, 1.807) is 12.1 Å². The fourth-order valence-corrected chi connectivity index (χ4v) is 1.60. The first-order valence-corrected chi connectivity index (χ1v) is 6.04. The summed E-state index contributed by atoms with van der Waals surface area (Å²) in [4.78, 5) is 11.0. The quantitative estimate of drug-likeness (QED) is 0.802. The molecule has 3 N–H and O–H groups in total. The summed E-state index contributed by atoms with van der Waals surface area (Å²) in [6.07, 6.45) is 1.47. The SMILES string of the molecule is CC(Oc1c(F)cccc1CNC1CC1)C(N)=O. The van der Waals surface area contributed by atoms with Gasteiger partial charge in [-0.1, -0.05) is 12.1 Å². The Morgan fingerprint density at radius 2 is 2.33 bits per heavy atom. The van der Waals surface area contributed by atoms with E-state index in [0.29, 0.717) is 18.2 Å². The van der Waals surface area contributed by atoms with Crippen LogP contribution in [0.1, 0.15) is 25.3 Å². The predicted octanol–water partition coefficient (Wildman–Crippen LogP) is 1.33. The van der Waals surface area contributed by atoms with E-state index < -0.39 is 17.8 Å². The number of carbonyl (C=O) groups excluding carboxylic acids is 1. The molecule has 0 radical (unpaired) electrons. The van der Waals surface area contributed by atoms with Gasteiger partial charge < -0.3 is 15.8 Å². The van der Waals surface area contributed by atoms with Gasteiger partial charge in [-0.2, -0.15) is 0 Å². The molecule has 1 aliphatic rings. The molecule has 4 nitrogen and oxygen atoms in total. The molecule has 0 bridgehead atoms. The highest BCUT2D eigenvalue weighted by molar-refractivity contribution is 5.78. The molecule has 0 aromatic heterocycles. The Balaban J connectivity index is 2.11. The van der Waals surface area contributed by atoms with Crippen molar-refractivity contribution in [1.29, 1.82) is 0 Å². The summed E-state index contributed by atoms with van der Waals surface area (Å²) in [6.45, 7) is 2.04. The lowest BCUT2D eigenvalue weighted by molar-refractivity contribution is -0.124. The lowest BCUT2D eigenvalue weighted by Gasteiger charge is -2.16. The van der Waals surface area contributed by atoms with E-state index in [1.165, 1.54) is 13.0 Å². The van der Waals surface area contributed by atoms with E-state index in [9.17, 15) is 9.18 Å². The summed E-state index contributed by atoms with van der Waals surface area (Å²) < 4.78 is 19.0. The van der Waals surface area contributed by atoms with Crippen molar-refractivity contribution < 1.29 is 13.9 Å². The van der Waals surface area contributed by atoms with Gasteiger partial charge in [0, 0.05) is 18.2 Å². The van der Waals surface area contributed by atoms with E-state index in [1.807, 2.05) is 0 Å². The van der Waals surface area contributed by atoms with Crippen LogP contribution in [0.25, 0.3) is 0 Å². The molecule has 1 amide bonds. The number of amides is 1. The number of para-hydroxylation sites is 1. The van der Waals surface area contributed by atoms with Crippen LogP contribution in [0.15, 0.2) is 18.2 Å². The molecule has 98 valence electrons. The first-order chi connectivity index (χ1) is 8.58. The average molecular weight is 252 g/mol. The number of carbonyl (C=O) groups is 1. The van der Waals surface area contributed by atoms with Gasteiger partial charge in [0.2, 0.25) is 0 Å². The molecule has 18 heavy (non-hydrogen) atoms. The van der Waals surface area contributed by atoms with Gasteiger partial charge in [-0.25, -0.2) is 4.39 Å². The topological polar surface area (TPSA) is 64.3 Å². The highest BCUT2D eigenvalue weighted by Gasteiger charge is 2.22. The summed E-state index contributed by atoms with van der Waals surface area (Å²) >= 11 is 0. The van der Waals surface area contributed by atoms with Crippen LogP contribution in [0.3, 0.4) is 0 Å². The second-order valence-corrected chi connectivity index (χ2v) is 4.55. The molecule has 0 aliphatic heterocycles. The zero-order chi connectivity index (χ0) is 13.1. The second-order valence-electron chi connectivity index (χ2n) is 4.55. The van der Waals surface area contributed by atoms with Crippen molar-refractivity contribution in [1.82, 2.24) is 5.32 Å². The molecule has 1 unspecified atom stereocenters. The fraction of sp³-hybridized carbons (Fsp3) is 0.462. The minimum absolute atomic E-state index is 0.108. The molecule has 1 saturated carbocycles. The standard InChI is InChI=1S/C13H17FN2O2/c1-8(13(15)17)18-12-9(3-2-4-11(12)14)7-16-10-5-6-10/h2-4,8,10,16H,5-7H2,1H3,(H2,15,17). The molecular formula is C13H17FN2O2. The number of primary amides is 1. The molecule has 1 atom stereocenters. The van der Waals surface area contributed by atoms with Crippen LogP contribution in [-0.2, 0) is 11.3 Å². The molecule has 0 spiro atoms. The maximum absolute atomic E-state index is 13.7. The molecule has 2 rings (SSSR count). The monoisotopic (exact) mass is 252 g/mol. The third-order valence-electron chi connectivity index (χ3n) is 2.90. The normalized spacial score (nSPS) is 16.3. The summed E-state index contributed by atoms with van der Waals surface area (Å²) in [5.41, 5.74) is 5.82. The van der Waals surface area contributed by atoms with E-state index >= 15 is 0 Å². The van der Waals surface area contributed by atoms with Crippen LogP contribution in [-0.4, -0.2) is 18.1 Å². The largest absolute Gasteiger partial charge is 0.477 e. The fourth-order valence-electron chi connectivity index (χ4n) is 1.60. The van der Waals surface area contributed by atoms with Crippen molar-refractivity contribution in [3.05, 3.63) is 29.6 Å². The van der Waals surface area contributed by atoms with E-state index in [4.69, 9.17) is 10.5 Å². The lowest BCUT2D eigenvalue weighted by atomic mass is 10.2. The molecule has 1 aromatic rings. The summed E-state index contributed by atoms with van der Waals surface area (Å²) in [5.74, 6) is -0.977.